The highest BCUT2D eigenvalue weighted by Gasteiger charge is 2.11. The Bertz CT molecular complexity index is 547. The minimum Gasteiger partial charge on any atom is -0.486 e. The quantitative estimate of drug-likeness (QED) is 0.622. The Kier molecular flexibility index (Phi) is 4.24. The molecule has 0 N–H and O–H groups in total. The molecule has 0 radical (unpaired) electrons. The van der Waals surface area contributed by atoms with Gasteiger partial charge in [0, 0.05) is 3.57 Å². The summed E-state index contributed by atoms with van der Waals surface area (Å²) in [7, 11) is 1.31. The first-order valence-electron chi connectivity index (χ1n) is 5.24. The molecule has 0 amide bonds. The Labute approximate surface area is 118 Å². The molecule has 0 fully saturated rings. The standard InChI is InChI=1S/C13H11IO4/c1-16-13(15)12-6-5-11(18-12)8-17-10-4-2-3-9(14)7-10/h2-7H,8H2,1H3. The first-order chi connectivity index (χ1) is 8.69. The molecular weight excluding hydrogens is 347 g/mol. The van der Waals surface area contributed by atoms with Crippen LogP contribution in [0.4, 0.5) is 0 Å². The van der Waals surface area contributed by atoms with Gasteiger partial charge in [0.1, 0.15) is 18.1 Å². The molecule has 2 aromatic rings. The molecule has 1 aromatic heterocycles. The van der Waals surface area contributed by atoms with E-state index < -0.39 is 5.97 Å². The van der Waals surface area contributed by atoms with Crippen LogP contribution in [0.25, 0.3) is 0 Å². The van der Waals surface area contributed by atoms with E-state index in [9.17, 15) is 4.79 Å². The number of carbonyl (C=O) groups excluding carboxylic acids is 1. The molecule has 0 unspecified atom stereocenters. The summed E-state index contributed by atoms with van der Waals surface area (Å²) in [5, 5.41) is 0. The lowest BCUT2D eigenvalue weighted by Crippen LogP contribution is -1.99. The first-order valence-corrected chi connectivity index (χ1v) is 6.32. The molecule has 1 heterocycles. The zero-order chi connectivity index (χ0) is 13.0. The Balaban J connectivity index is 1.98. The van der Waals surface area contributed by atoms with Crippen molar-refractivity contribution in [2.45, 2.75) is 6.61 Å². The number of halogens is 1. The summed E-state index contributed by atoms with van der Waals surface area (Å²) >= 11 is 2.21. The lowest BCUT2D eigenvalue weighted by molar-refractivity contribution is 0.0561. The molecule has 0 atom stereocenters. The van der Waals surface area contributed by atoms with Crippen molar-refractivity contribution in [3.05, 3.63) is 51.5 Å². The maximum atomic E-state index is 11.2. The van der Waals surface area contributed by atoms with Crippen LogP contribution in [-0.2, 0) is 11.3 Å². The molecule has 0 bridgehead atoms. The molecule has 0 aliphatic carbocycles. The molecular formula is C13H11IO4. The number of hydrogen-bond donors (Lipinski definition) is 0. The average Bonchev–Trinajstić information content (AvgIpc) is 2.84. The SMILES string of the molecule is COC(=O)c1ccc(COc2cccc(I)c2)o1. The molecule has 0 aliphatic heterocycles. The van der Waals surface area contributed by atoms with Gasteiger partial charge in [-0.05, 0) is 52.9 Å². The fraction of sp³-hybridized carbons (Fsp3) is 0.154. The van der Waals surface area contributed by atoms with Crippen molar-refractivity contribution in [2.24, 2.45) is 0 Å². The summed E-state index contributed by atoms with van der Waals surface area (Å²) in [5.74, 6) is 1.03. The fourth-order valence-electron chi connectivity index (χ4n) is 1.38. The van der Waals surface area contributed by atoms with E-state index in [0.717, 1.165) is 9.32 Å². The van der Waals surface area contributed by atoms with E-state index in [1.54, 1.807) is 12.1 Å². The largest absolute Gasteiger partial charge is 0.486 e. The number of esters is 1. The summed E-state index contributed by atoms with van der Waals surface area (Å²) in [6, 6.07) is 10.9. The fourth-order valence-corrected chi connectivity index (χ4v) is 1.89. The van der Waals surface area contributed by atoms with Crippen LogP contribution in [0.3, 0.4) is 0 Å². The monoisotopic (exact) mass is 358 g/mol. The Morgan fingerprint density at radius 3 is 2.89 bits per heavy atom. The van der Waals surface area contributed by atoms with Gasteiger partial charge in [-0.2, -0.15) is 0 Å². The highest BCUT2D eigenvalue weighted by molar-refractivity contribution is 14.1. The molecule has 94 valence electrons. The van der Waals surface area contributed by atoms with E-state index in [1.165, 1.54) is 7.11 Å². The number of furan rings is 1. The van der Waals surface area contributed by atoms with E-state index in [0.29, 0.717) is 5.76 Å². The van der Waals surface area contributed by atoms with Crippen LogP contribution in [0.2, 0.25) is 0 Å². The van der Waals surface area contributed by atoms with Crippen LogP contribution in [0, 0.1) is 3.57 Å². The second-order valence-electron chi connectivity index (χ2n) is 3.50. The van der Waals surface area contributed by atoms with Crippen molar-refractivity contribution >= 4 is 28.6 Å². The van der Waals surface area contributed by atoms with Crippen LogP contribution in [-0.4, -0.2) is 13.1 Å². The van der Waals surface area contributed by atoms with E-state index in [2.05, 4.69) is 27.3 Å². The van der Waals surface area contributed by atoms with Crippen LogP contribution >= 0.6 is 22.6 Å². The molecule has 5 heteroatoms. The van der Waals surface area contributed by atoms with Gasteiger partial charge in [-0.3, -0.25) is 0 Å². The summed E-state index contributed by atoms with van der Waals surface area (Å²) in [4.78, 5) is 11.2. The van der Waals surface area contributed by atoms with E-state index in [-0.39, 0.29) is 12.4 Å². The number of benzene rings is 1. The van der Waals surface area contributed by atoms with Gasteiger partial charge in [0.2, 0.25) is 5.76 Å². The summed E-state index contributed by atoms with van der Waals surface area (Å²) in [6.45, 7) is 0.275. The highest BCUT2D eigenvalue weighted by Crippen LogP contribution is 2.17. The van der Waals surface area contributed by atoms with Crippen LogP contribution < -0.4 is 4.74 Å². The van der Waals surface area contributed by atoms with Crippen molar-refractivity contribution in [3.63, 3.8) is 0 Å². The van der Waals surface area contributed by atoms with Crippen molar-refractivity contribution in [3.8, 4) is 5.75 Å². The first kappa shape index (κ1) is 12.9. The molecule has 1 aromatic carbocycles. The van der Waals surface area contributed by atoms with E-state index in [4.69, 9.17) is 9.15 Å². The maximum Gasteiger partial charge on any atom is 0.373 e. The van der Waals surface area contributed by atoms with Crippen LogP contribution in [0.15, 0.2) is 40.8 Å². The average molecular weight is 358 g/mol. The molecule has 0 aliphatic rings. The molecule has 0 spiro atoms. The Morgan fingerprint density at radius 2 is 2.17 bits per heavy atom. The summed E-state index contributed by atoms with van der Waals surface area (Å²) in [5.41, 5.74) is 0. The number of carbonyl (C=O) groups is 1. The third-order valence-electron chi connectivity index (χ3n) is 2.23. The zero-order valence-electron chi connectivity index (χ0n) is 9.68. The summed E-state index contributed by atoms with van der Waals surface area (Å²) < 4.78 is 16.5. The number of rotatable bonds is 4. The van der Waals surface area contributed by atoms with Crippen molar-refractivity contribution < 1.29 is 18.7 Å². The topological polar surface area (TPSA) is 48.7 Å². The van der Waals surface area contributed by atoms with Gasteiger partial charge >= 0.3 is 5.97 Å². The minimum atomic E-state index is -0.490. The normalized spacial score (nSPS) is 10.1. The second-order valence-corrected chi connectivity index (χ2v) is 4.75. The van der Waals surface area contributed by atoms with Crippen molar-refractivity contribution in [1.29, 1.82) is 0 Å². The Hall–Kier alpha value is -1.50. The molecule has 4 nitrogen and oxygen atoms in total. The van der Waals surface area contributed by atoms with E-state index in [1.807, 2.05) is 24.3 Å². The van der Waals surface area contributed by atoms with Crippen molar-refractivity contribution in [1.82, 2.24) is 0 Å². The van der Waals surface area contributed by atoms with Crippen LogP contribution in [0.5, 0.6) is 5.75 Å². The molecule has 2 rings (SSSR count). The van der Waals surface area contributed by atoms with Gasteiger partial charge in [-0.25, -0.2) is 4.79 Å². The lowest BCUT2D eigenvalue weighted by Gasteiger charge is -2.04. The smallest absolute Gasteiger partial charge is 0.373 e. The molecule has 0 saturated carbocycles. The third-order valence-corrected chi connectivity index (χ3v) is 2.90. The van der Waals surface area contributed by atoms with Gasteiger partial charge in [-0.1, -0.05) is 6.07 Å². The third kappa shape index (κ3) is 3.25. The number of ether oxygens (including phenoxy) is 2. The van der Waals surface area contributed by atoms with E-state index >= 15 is 0 Å². The minimum absolute atomic E-state index is 0.179. The predicted octanol–water partition coefficient (Wildman–Crippen LogP) is 3.25. The zero-order valence-corrected chi connectivity index (χ0v) is 11.8. The van der Waals surface area contributed by atoms with Gasteiger partial charge in [0.15, 0.2) is 0 Å². The maximum absolute atomic E-state index is 11.2. The molecule has 18 heavy (non-hydrogen) atoms. The van der Waals surface area contributed by atoms with Gasteiger partial charge < -0.3 is 13.9 Å². The number of hydrogen-bond acceptors (Lipinski definition) is 4. The highest BCUT2D eigenvalue weighted by atomic mass is 127. The number of methoxy groups -OCH3 is 1. The van der Waals surface area contributed by atoms with Gasteiger partial charge in [0.25, 0.3) is 0 Å². The lowest BCUT2D eigenvalue weighted by atomic mass is 10.3. The van der Waals surface area contributed by atoms with Gasteiger partial charge in [-0.15, -0.1) is 0 Å². The second kappa shape index (κ2) is 5.90. The van der Waals surface area contributed by atoms with Gasteiger partial charge in [0.05, 0.1) is 7.11 Å². The Morgan fingerprint density at radius 1 is 1.33 bits per heavy atom. The predicted molar refractivity (Wildman–Crippen MR) is 73.5 cm³/mol. The summed E-state index contributed by atoms with van der Waals surface area (Å²) in [6.07, 6.45) is 0. The molecule has 0 saturated heterocycles. The van der Waals surface area contributed by atoms with Crippen molar-refractivity contribution in [2.75, 3.05) is 7.11 Å². The van der Waals surface area contributed by atoms with Crippen LogP contribution in [0.1, 0.15) is 16.3 Å².